The van der Waals surface area contributed by atoms with Crippen molar-refractivity contribution in [3.63, 3.8) is 0 Å². The summed E-state index contributed by atoms with van der Waals surface area (Å²) in [4.78, 5) is 0. The second-order valence-electron chi connectivity index (χ2n) is 4.72. The highest BCUT2D eigenvalue weighted by atomic mass is 19.1. The van der Waals surface area contributed by atoms with Crippen molar-refractivity contribution in [2.75, 3.05) is 12.8 Å². The van der Waals surface area contributed by atoms with E-state index in [0.717, 1.165) is 11.1 Å². The van der Waals surface area contributed by atoms with Gasteiger partial charge in [-0.25, -0.2) is 4.39 Å². The Bertz CT molecular complexity index is 626. The molecule has 0 amide bonds. The monoisotopic (exact) mass is 275 g/mol. The molecule has 0 unspecified atom stereocenters. The molecule has 3 nitrogen and oxygen atoms in total. The van der Waals surface area contributed by atoms with Crippen molar-refractivity contribution in [1.82, 2.24) is 0 Å². The number of benzene rings is 2. The van der Waals surface area contributed by atoms with E-state index in [2.05, 4.69) is 0 Å². The van der Waals surface area contributed by atoms with Crippen LogP contribution in [0.15, 0.2) is 30.3 Å². The summed E-state index contributed by atoms with van der Waals surface area (Å²) in [5, 5.41) is 0. The molecule has 0 saturated heterocycles. The highest BCUT2D eigenvalue weighted by Gasteiger charge is 2.07. The SMILES string of the molecule is COc1ccc(COc2cc(N)c(C)cc2C)c(F)c1. The maximum atomic E-state index is 13.8. The number of aryl methyl sites for hydroxylation is 2. The summed E-state index contributed by atoms with van der Waals surface area (Å²) in [5.74, 6) is 0.812. The van der Waals surface area contributed by atoms with Crippen LogP contribution in [0.4, 0.5) is 10.1 Å². The molecule has 0 atom stereocenters. The minimum atomic E-state index is -0.345. The van der Waals surface area contributed by atoms with E-state index in [1.807, 2.05) is 19.9 Å². The molecule has 0 aliphatic carbocycles. The van der Waals surface area contributed by atoms with Crippen molar-refractivity contribution in [2.45, 2.75) is 20.5 Å². The number of nitrogen functional groups attached to an aromatic ring is 1. The predicted molar refractivity (Wildman–Crippen MR) is 77.6 cm³/mol. The molecule has 0 fully saturated rings. The van der Waals surface area contributed by atoms with Crippen LogP contribution in [-0.2, 0) is 6.61 Å². The zero-order valence-electron chi connectivity index (χ0n) is 11.9. The van der Waals surface area contributed by atoms with E-state index in [0.29, 0.717) is 22.7 Å². The molecule has 0 aromatic heterocycles. The van der Waals surface area contributed by atoms with Gasteiger partial charge in [-0.1, -0.05) is 6.07 Å². The van der Waals surface area contributed by atoms with E-state index < -0.39 is 0 Å². The second kappa shape index (κ2) is 5.82. The van der Waals surface area contributed by atoms with Crippen LogP contribution in [0.5, 0.6) is 11.5 Å². The first-order chi connectivity index (χ1) is 9.51. The summed E-state index contributed by atoms with van der Waals surface area (Å²) in [6, 6.07) is 8.43. The first-order valence-corrected chi connectivity index (χ1v) is 6.33. The number of hydrogen-bond donors (Lipinski definition) is 1. The van der Waals surface area contributed by atoms with Crippen LogP contribution in [0.2, 0.25) is 0 Å². The molecule has 2 aromatic rings. The summed E-state index contributed by atoms with van der Waals surface area (Å²) in [7, 11) is 1.50. The summed E-state index contributed by atoms with van der Waals surface area (Å²) in [6.07, 6.45) is 0. The van der Waals surface area contributed by atoms with Gasteiger partial charge in [0.1, 0.15) is 23.9 Å². The fourth-order valence-electron chi connectivity index (χ4n) is 1.93. The molecule has 0 bridgehead atoms. The second-order valence-corrected chi connectivity index (χ2v) is 4.72. The smallest absolute Gasteiger partial charge is 0.133 e. The van der Waals surface area contributed by atoms with Crippen LogP contribution in [0.25, 0.3) is 0 Å². The van der Waals surface area contributed by atoms with Crippen molar-refractivity contribution >= 4 is 5.69 Å². The van der Waals surface area contributed by atoms with Gasteiger partial charge >= 0.3 is 0 Å². The summed E-state index contributed by atoms with van der Waals surface area (Å²) >= 11 is 0. The third kappa shape index (κ3) is 3.02. The molecule has 0 saturated carbocycles. The topological polar surface area (TPSA) is 44.5 Å². The largest absolute Gasteiger partial charge is 0.497 e. The number of anilines is 1. The zero-order chi connectivity index (χ0) is 14.7. The standard InChI is InChI=1S/C16H18FNO2/c1-10-6-11(2)16(8-15(10)18)20-9-12-4-5-13(19-3)7-14(12)17/h4-8H,9,18H2,1-3H3. The van der Waals surface area contributed by atoms with Gasteiger partial charge in [-0.15, -0.1) is 0 Å². The van der Waals surface area contributed by atoms with Gasteiger partial charge < -0.3 is 15.2 Å². The zero-order valence-corrected chi connectivity index (χ0v) is 11.9. The van der Waals surface area contributed by atoms with E-state index in [4.69, 9.17) is 15.2 Å². The summed E-state index contributed by atoms with van der Waals surface area (Å²) in [6.45, 7) is 4.03. The molecule has 4 heteroatoms. The average molecular weight is 275 g/mol. The highest BCUT2D eigenvalue weighted by Crippen LogP contribution is 2.26. The van der Waals surface area contributed by atoms with Crippen LogP contribution < -0.4 is 15.2 Å². The third-order valence-electron chi connectivity index (χ3n) is 3.21. The van der Waals surface area contributed by atoms with Crippen LogP contribution in [0.3, 0.4) is 0 Å². The Morgan fingerprint density at radius 3 is 2.50 bits per heavy atom. The lowest BCUT2D eigenvalue weighted by Gasteiger charge is -2.12. The molecule has 2 rings (SSSR count). The molecule has 0 spiro atoms. The molecular weight excluding hydrogens is 257 g/mol. The summed E-state index contributed by atoms with van der Waals surface area (Å²) in [5.41, 5.74) is 8.98. The van der Waals surface area contributed by atoms with E-state index in [9.17, 15) is 4.39 Å². The fourth-order valence-corrected chi connectivity index (χ4v) is 1.93. The number of hydrogen-bond acceptors (Lipinski definition) is 3. The average Bonchev–Trinajstić information content (AvgIpc) is 2.42. The Labute approximate surface area is 118 Å². The number of nitrogens with two attached hydrogens (primary N) is 1. The van der Waals surface area contributed by atoms with Gasteiger partial charge in [0.15, 0.2) is 0 Å². The highest BCUT2D eigenvalue weighted by molar-refractivity contribution is 5.54. The molecule has 106 valence electrons. The van der Waals surface area contributed by atoms with E-state index in [1.165, 1.54) is 13.2 Å². The van der Waals surface area contributed by atoms with Crippen LogP contribution in [0, 0.1) is 19.7 Å². The molecule has 0 aliphatic heterocycles. The molecule has 0 aliphatic rings. The lowest BCUT2D eigenvalue weighted by Crippen LogP contribution is -2.01. The summed E-state index contributed by atoms with van der Waals surface area (Å²) < 4.78 is 24.4. The number of methoxy groups -OCH3 is 1. The normalized spacial score (nSPS) is 10.4. The number of rotatable bonds is 4. The van der Waals surface area contributed by atoms with Crippen molar-refractivity contribution < 1.29 is 13.9 Å². The number of halogens is 1. The fraction of sp³-hybridized carbons (Fsp3) is 0.250. The van der Waals surface area contributed by atoms with Crippen molar-refractivity contribution in [1.29, 1.82) is 0 Å². The maximum Gasteiger partial charge on any atom is 0.133 e. The Balaban J connectivity index is 2.15. The molecule has 0 heterocycles. The van der Waals surface area contributed by atoms with Gasteiger partial charge in [-0.3, -0.25) is 0 Å². The molecule has 2 aromatic carbocycles. The van der Waals surface area contributed by atoms with Gasteiger partial charge in [-0.2, -0.15) is 0 Å². The molecule has 20 heavy (non-hydrogen) atoms. The lowest BCUT2D eigenvalue weighted by molar-refractivity contribution is 0.297. The quantitative estimate of drug-likeness (QED) is 0.867. The predicted octanol–water partition coefficient (Wildman–Crippen LogP) is 3.61. The van der Waals surface area contributed by atoms with E-state index >= 15 is 0 Å². The van der Waals surface area contributed by atoms with Gasteiger partial charge in [0.25, 0.3) is 0 Å². The van der Waals surface area contributed by atoms with Gasteiger partial charge in [0.2, 0.25) is 0 Å². The van der Waals surface area contributed by atoms with Crippen molar-refractivity contribution in [3.05, 3.63) is 52.8 Å². The van der Waals surface area contributed by atoms with Gasteiger partial charge in [0, 0.05) is 23.4 Å². The first-order valence-electron chi connectivity index (χ1n) is 6.33. The Kier molecular flexibility index (Phi) is 4.13. The minimum Gasteiger partial charge on any atom is -0.497 e. The van der Waals surface area contributed by atoms with Crippen LogP contribution >= 0.6 is 0 Å². The number of ether oxygens (including phenoxy) is 2. The van der Waals surface area contributed by atoms with Crippen molar-refractivity contribution in [3.8, 4) is 11.5 Å². The van der Waals surface area contributed by atoms with E-state index in [-0.39, 0.29) is 12.4 Å². The van der Waals surface area contributed by atoms with Crippen molar-refractivity contribution in [2.24, 2.45) is 0 Å². The molecule has 0 radical (unpaired) electrons. The Hall–Kier alpha value is -2.23. The third-order valence-corrected chi connectivity index (χ3v) is 3.21. The first kappa shape index (κ1) is 14.2. The van der Waals surface area contributed by atoms with E-state index in [1.54, 1.807) is 18.2 Å². The maximum absolute atomic E-state index is 13.8. The van der Waals surface area contributed by atoms with Gasteiger partial charge in [0.05, 0.1) is 7.11 Å². The van der Waals surface area contributed by atoms with Crippen LogP contribution in [-0.4, -0.2) is 7.11 Å². The molecular formula is C16H18FNO2. The lowest BCUT2D eigenvalue weighted by atomic mass is 10.1. The molecule has 2 N–H and O–H groups in total. The Morgan fingerprint density at radius 1 is 1.10 bits per heavy atom. The van der Waals surface area contributed by atoms with Gasteiger partial charge in [-0.05, 0) is 37.1 Å². The minimum absolute atomic E-state index is 0.152. The Morgan fingerprint density at radius 2 is 1.85 bits per heavy atom. The van der Waals surface area contributed by atoms with Crippen LogP contribution in [0.1, 0.15) is 16.7 Å².